The van der Waals surface area contributed by atoms with Crippen LogP contribution in [0.1, 0.15) is 30.6 Å². The summed E-state index contributed by atoms with van der Waals surface area (Å²) in [5, 5.41) is 17.6. The molecule has 28 heavy (non-hydrogen) atoms. The van der Waals surface area contributed by atoms with Crippen molar-refractivity contribution in [3.05, 3.63) is 59.2 Å². The normalized spacial score (nSPS) is 10.9. The number of nitrogens with zero attached hydrogens (tertiary/aromatic N) is 1. The second-order valence-electron chi connectivity index (χ2n) is 6.84. The summed E-state index contributed by atoms with van der Waals surface area (Å²) in [6.07, 6.45) is 0.917. The molecule has 0 saturated carbocycles. The van der Waals surface area contributed by atoms with Gasteiger partial charge < -0.3 is 10.4 Å². The molecule has 0 atom stereocenters. The van der Waals surface area contributed by atoms with Crippen LogP contribution in [0.4, 0.5) is 15.2 Å². The van der Waals surface area contributed by atoms with Gasteiger partial charge in [-0.05, 0) is 54.8 Å². The number of carbonyl (C=O) groups excluding carboxylic acids is 1. The van der Waals surface area contributed by atoms with Gasteiger partial charge in [0.2, 0.25) is 0 Å². The van der Waals surface area contributed by atoms with Gasteiger partial charge in [0.25, 0.3) is 5.91 Å². The number of hydrogen-bond acceptors (Lipinski definition) is 5. The molecule has 0 radical (unpaired) electrons. The number of amides is 1. The molecule has 1 aromatic heterocycles. The molecule has 1 heterocycles. The van der Waals surface area contributed by atoms with Gasteiger partial charge in [0, 0.05) is 23.2 Å². The summed E-state index contributed by atoms with van der Waals surface area (Å²) in [4.78, 5) is 17.1. The van der Waals surface area contributed by atoms with Crippen LogP contribution in [-0.4, -0.2) is 22.5 Å². The van der Waals surface area contributed by atoms with Crippen molar-refractivity contribution in [3.63, 3.8) is 0 Å². The van der Waals surface area contributed by atoms with E-state index < -0.39 is 5.82 Å². The van der Waals surface area contributed by atoms with E-state index in [1.165, 1.54) is 29.5 Å². The minimum Gasteiger partial charge on any atom is -0.508 e. The maximum atomic E-state index is 13.6. The Hall–Kier alpha value is -2.93. The number of rotatable bonds is 7. The van der Waals surface area contributed by atoms with Crippen LogP contribution in [0, 0.1) is 11.7 Å². The van der Waals surface area contributed by atoms with Crippen molar-refractivity contribution in [1.82, 2.24) is 4.98 Å². The standard InChI is InChI=1S/C21H22FN3O2S/c1-13(2)9-10-23-18-11-15(22)5-8-17(18)20(27)25-21-24-19(12-28-21)14-3-6-16(26)7-4-14/h3-8,11-13,23,26H,9-10H2,1-2H3,(H,24,25,27). The van der Waals surface area contributed by atoms with Crippen LogP contribution in [0.15, 0.2) is 47.8 Å². The number of aromatic hydroxyl groups is 1. The third kappa shape index (κ3) is 5.07. The highest BCUT2D eigenvalue weighted by Crippen LogP contribution is 2.27. The van der Waals surface area contributed by atoms with E-state index in [0.29, 0.717) is 34.5 Å². The van der Waals surface area contributed by atoms with Gasteiger partial charge in [-0.1, -0.05) is 13.8 Å². The van der Waals surface area contributed by atoms with Gasteiger partial charge in [0.05, 0.1) is 11.3 Å². The fourth-order valence-electron chi connectivity index (χ4n) is 2.62. The minimum atomic E-state index is -0.396. The summed E-state index contributed by atoms with van der Waals surface area (Å²) in [6.45, 7) is 4.87. The molecule has 0 spiro atoms. The lowest BCUT2D eigenvalue weighted by atomic mass is 10.1. The maximum absolute atomic E-state index is 13.6. The summed E-state index contributed by atoms with van der Waals surface area (Å²) in [5.74, 6) is -0.0561. The van der Waals surface area contributed by atoms with E-state index in [1.807, 2.05) is 5.38 Å². The van der Waals surface area contributed by atoms with Crippen LogP contribution >= 0.6 is 11.3 Å². The minimum absolute atomic E-state index is 0.182. The first kappa shape index (κ1) is 19.8. The molecule has 3 rings (SSSR count). The zero-order valence-electron chi connectivity index (χ0n) is 15.7. The van der Waals surface area contributed by atoms with Gasteiger partial charge in [-0.3, -0.25) is 10.1 Å². The Morgan fingerprint density at radius 2 is 1.96 bits per heavy atom. The number of phenols is 1. The number of halogens is 1. The Morgan fingerprint density at radius 1 is 1.21 bits per heavy atom. The smallest absolute Gasteiger partial charge is 0.259 e. The first-order chi connectivity index (χ1) is 13.4. The molecule has 5 nitrogen and oxygen atoms in total. The summed E-state index contributed by atoms with van der Waals surface area (Å²) in [6, 6.07) is 10.8. The fourth-order valence-corrected chi connectivity index (χ4v) is 3.33. The van der Waals surface area contributed by atoms with Gasteiger partial charge in [0.1, 0.15) is 11.6 Å². The Balaban J connectivity index is 1.73. The number of thiazole rings is 1. The SMILES string of the molecule is CC(C)CCNc1cc(F)ccc1C(=O)Nc1nc(-c2ccc(O)cc2)cs1. The zero-order valence-corrected chi connectivity index (χ0v) is 16.5. The van der Waals surface area contributed by atoms with Crippen molar-refractivity contribution in [2.45, 2.75) is 20.3 Å². The number of anilines is 2. The fraction of sp³-hybridized carbons (Fsp3) is 0.238. The van der Waals surface area contributed by atoms with Crippen LogP contribution in [0.25, 0.3) is 11.3 Å². The van der Waals surface area contributed by atoms with Crippen LogP contribution in [0.2, 0.25) is 0 Å². The van der Waals surface area contributed by atoms with Crippen molar-refractivity contribution in [2.75, 3.05) is 17.2 Å². The molecule has 146 valence electrons. The van der Waals surface area contributed by atoms with Gasteiger partial charge in [-0.15, -0.1) is 11.3 Å². The average Bonchev–Trinajstić information content (AvgIpc) is 3.10. The first-order valence-corrected chi connectivity index (χ1v) is 9.90. The summed E-state index contributed by atoms with van der Waals surface area (Å²) >= 11 is 1.30. The van der Waals surface area contributed by atoms with E-state index in [9.17, 15) is 14.3 Å². The highest BCUT2D eigenvalue weighted by Gasteiger charge is 2.15. The Labute approximate surface area is 167 Å². The average molecular weight is 399 g/mol. The lowest BCUT2D eigenvalue weighted by Crippen LogP contribution is -2.16. The van der Waals surface area contributed by atoms with Crippen LogP contribution in [-0.2, 0) is 0 Å². The van der Waals surface area contributed by atoms with Crippen molar-refractivity contribution in [1.29, 1.82) is 0 Å². The quantitative estimate of drug-likeness (QED) is 0.500. The van der Waals surface area contributed by atoms with Crippen molar-refractivity contribution < 1.29 is 14.3 Å². The van der Waals surface area contributed by atoms with E-state index in [1.54, 1.807) is 24.3 Å². The van der Waals surface area contributed by atoms with Crippen molar-refractivity contribution in [2.24, 2.45) is 5.92 Å². The summed E-state index contributed by atoms with van der Waals surface area (Å²) < 4.78 is 13.6. The molecule has 1 amide bonds. The van der Waals surface area contributed by atoms with Crippen molar-refractivity contribution >= 4 is 28.1 Å². The number of carbonyl (C=O) groups is 1. The van der Waals surface area contributed by atoms with Gasteiger partial charge in [-0.2, -0.15) is 0 Å². The Morgan fingerprint density at radius 3 is 2.68 bits per heavy atom. The van der Waals surface area contributed by atoms with Crippen molar-refractivity contribution in [3.8, 4) is 17.0 Å². The van der Waals surface area contributed by atoms with Gasteiger partial charge >= 0.3 is 0 Å². The first-order valence-electron chi connectivity index (χ1n) is 9.02. The molecule has 0 fully saturated rings. The molecule has 0 aliphatic heterocycles. The molecule has 0 saturated heterocycles. The third-order valence-corrected chi connectivity index (χ3v) is 4.91. The predicted octanol–water partition coefficient (Wildman–Crippen LogP) is 5.37. The molecular weight excluding hydrogens is 377 g/mol. The van der Waals surface area contributed by atoms with E-state index in [2.05, 4.69) is 29.5 Å². The molecule has 2 aromatic carbocycles. The van der Waals surface area contributed by atoms with Gasteiger partial charge in [-0.25, -0.2) is 9.37 Å². The molecule has 0 aliphatic carbocycles. The number of benzene rings is 2. The molecule has 7 heteroatoms. The molecule has 3 N–H and O–H groups in total. The Bertz CT molecular complexity index is 955. The molecule has 0 unspecified atom stereocenters. The highest BCUT2D eigenvalue weighted by molar-refractivity contribution is 7.14. The summed E-state index contributed by atoms with van der Waals surface area (Å²) in [5.41, 5.74) is 2.38. The van der Waals surface area contributed by atoms with E-state index >= 15 is 0 Å². The number of nitrogens with one attached hydrogen (secondary N) is 2. The zero-order chi connectivity index (χ0) is 20.1. The number of phenolic OH excluding ortho intramolecular Hbond substituents is 1. The van der Waals surface area contributed by atoms with Crippen LogP contribution < -0.4 is 10.6 Å². The van der Waals surface area contributed by atoms with E-state index in [-0.39, 0.29) is 11.7 Å². The van der Waals surface area contributed by atoms with Crippen LogP contribution in [0.3, 0.4) is 0 Å². The molecular formula is C21H22FN3O2S. The maximum Gasteiger partial charge on any atom is 0.259 e. The molecule has 3 aromatic rings. The van der Waals surface area contributed by atoms with E-state index in [0.717, 1.165) is 12.0 Å². The Kier molecular flexibility index (Phi) is 6.26. The van der Waals surface area contributed by atoms with Crippen LogP contribution in [0.5, 0.6) is 5.75 Å². The summed E-state index contributed by atoms with van der Waals surface area (Å²) in [7, 11) is 0. The molecule has 0 aliphatic rings. The predicted molar refractivity (Wildman–Crippen MR) is 112 cm³/mol. The second-order valence-corrected chi connectivity index (χ2v) is 7.70. The monoisotopic (exact) mass is 399 g/mol. The third-order valence-electron chi connectivity index (χ3n) is 4.15. The van der Waals surface area contributed by atoms with E-state index in [4.69, 9.17) is 0 Å². The largest absolute Gasteiger partial charge is 0.508 e. The van der Waals surface area contributed by atoms with Gasteiger partial charge in [0.15, 0.2) is 5.13 Å². The highest BCUT2D eigenvalue weighted by atomic mass is 32.1. The second kappa shape index (κ2) is 8.84. The number of aromatic nitrogens is 1. The number of hydrogen-bond donors (Lipinski definition) is 3. The molecule has 0 bridgehead atoms. The topological polar surface area (TPSA) is 74.2 Å². The lowest BCUT2D eigenvalue weighted by Gasteiger charge is -2.12. The lowest BCUT2D eigenvalue weighted by molar-refractivity contribution is 0.102.